The van der Waals surface area contributed by atoms with Crippen LogP contribution in [0.15, 0.2) is 48.7 Å². The van der Waals surface area contributed by atoms with Gasteiger partial charge >= 0.3 is 0 Å². The summed E-state index contributed by atoms with van der Waals surface area (Å²) in [7, 11) is 1.67. The van der Waals surface area contributed by atoms with Crippen molar-refractivity contribution in [3.8, 4) is 5.75 Å². The lowest BCUT2D eigenvalue weighted by Gasteiger charge is -2.07. The molecule has 2 aromatic carbocycles. The zero-order valence-electron chi connectivity index (χ0n) is 11.1. The average Bonchev–Trinajstić information content (AvgIpc) is 2.75. The van der Waals surface area contributed by atoms with Gasteiger partial charge in [-0.05, 0) is 35.9 Å². The number of nitrogens with zero attached hydrogens (tertiary/aromatic N) is 1. The van der Waals surface area contributed by atoms with E-state index in [1.54, 1.807) is 7.11 Å². The Hall–Kier alpha value is -2.13. The molecule has 4 heteroatoms. The molecule has 0 unspecified atom stereocenters. The fraction of sp³-hybridized carbons (Fsp3) is 0.125. The van der Waals surface area contributed by atoms with Crippen LogP contribution in [0.2, 0.25) is 5.02 Å². The minimum atomic E-state index is 0.704. The SMILES string of the molecule is COc1cccc(Cn2cc3cc(Cl)ccc3c2N)c1. The maximum atomic E-state index is 6.20. The quantitative estimate of drug-likeness (QED) is 0.792. The Bertz CT molecular complexity index is 764. The van der Waals surface area contributed by atoms with Crippen LogP contribution in [-0.4, -0.2) is 11.7 Å². The number of ether oxygens (including phenoxy) is 1. The minimum Gasteiger partial charge on any atom is -0.497 e. The van der Waals surface area contributed by atoms with Crippen LogP contribution in [0.5, 0.6) is 5.75 Å². The molecule has 0 spiro atoms. The monoisotopic (exact) mass is 286 g/mol. The van der Waals surface area contributed by atoms with E-state index in [9.17, 15) is 0 Å². The van der Waals surface area contributed by atoms with Gasteiger partial charge < -0.3 is 15.0 Å². The number of nitrogens with two attached hydrogens (primary N) is 1. The highest BCUT2D eigenvalue weighted by Gasteiger charge is 2.07. The van der Waals surface area contributed by atoms with Crippen molar-refractivity contribution in [1.29, 1.82) is 0 Å². The molecule has 3 nitrogen and oxygen atoms in total. The fourth-order valence-corrected chi connectivity index (χ4v) is 2.54. The third kappa shape index (κ3) is 2.32. The number of hydrogen-bond donors (Lipinski definition) is 1. The van der Waals surface area contributed by atoms with Gasteiger partial charge in [0.05, 0.1) is 7.11 Å². The molecule has 0 fully saturated rings. The van der Waals surface area contributed by atoms with Crippen molar-refractivity contribution in [2.24, 2.45) is 0 Å². The summed E-state index contributed by atoms with van der Waals surface area (Å²) in [5, 5.41) is 2.80. The van der Waals surface area contributed by atoms with Gasteiger partial charge in [-0.2, -0.15) is 0 Å². The first-order valence-electron chi connectivity index (χ1n) is 6.34. The van der Waals surface area contributed by atoms with Crippen LogP contribution in [0.25, 0.3) is 10.8 Å². The van der Waals surface area contributed by atoms with Crippen molar-refractivity contribution in [3.63, 3.8) is 0 Å². The van der Waals surface area contributed by atoms with Gasteiger partial charge in [-0.25, -0.2) is 0 Å². The van der Waals surface area contributed by atoms with Gasteiger partial charge in [0.25, 0.3) is 0 Å². The largest absolute Gasteiger partial charge is 0.497 e. The van der Waals surface area contributed by atoms with Crippen molar-refractivity contribution in [1.82, 2.24) is 4.57 Å². The van der Waals surface area contributed by atoms with Crippen LogP contribution >= 0.6 is 11.6 Å². The number of fused-ring (bicyclic) bond motifs is 1. The van der Waals surface area contributed by atoms with E-state index in [-0.39, 0.29) is 0 Å². The van der Waals surface area contributed by atoms with Crippen molar-refractivity contribution >= 4 is 28.2 Å². The molecule has 0 aliphatic rings. The standard InChI is InChI=1S/C16H15ClN2O/c1-20-14-4-2-3-11(7-14)9-19-10-12-8-13(17)5-6-15(12)16(19)18/h2-8,10H,9,18H2,1H3. The van der Waals surface area contributed by atoms with Crippen LogP contribution in [0.4, 0.5) is 5.82 Å². The molecule has 0 aliphatic carbocycles. The van der Waals surface area contributed by atoms with Crippen molar-refractivity contribution < 1.29 is 4.74 Å². The number of benzene rings is 2. The van der Waals surface area contributed by atoms with E-state index in [2.05, 4.69) is 6.07 Å². The molecule has 102 valence electrons. The molecule has 2 N–H and O–H groups in total. The normalized spacial score (nSPS) is 10.9. The number of methoxy groups -OCH3 is 1. The van der Waals surface area contributed by atoms with E-state index in [1.165, 1.54) is 0 Å². The van der Waals surface area contributed by atoms with E-state index in [0.29, 0.717) is 6.54 Å². The molecule has 0 bridgehead atoms. The number of rotatable bonds is 3. The van der Waals surface area contributed by atoms with Crippen LogP contribution < -0.4 is 10.5 Å². The maximum Gasteiger partial charge on any atom is 0.119 e. The van der Waals surface area contributed by atoms with Crippen LogP contribution in [0.1, 0.15) is 5.56 Å². The summed E-state index contributed by atoms with van der Waals surface area (Å²) in [4.78, 5) is 0. The first-order chi connectivity index (χ1) is 9.67. The lowest BCUT2D eigenvalue weighted by Crippen LogP contribution is -2.02. The summed E-state index contributed by atoms with van der Waals surface area (Å²) < 4.78 is 7.26. The Morgan fingerprint density at radius 2 is 2.05 bits per heavy atom. The molecular weight excluding hydrogens is 272 g/mol. The molecule has 3 aromatic rings. The van der Waals surface area contributed by atoms with Crippen molar-refractivity contribution in [2.45, 2.75) is 6.54 Å². The molecule has 20 heavy (non-hydrogen) atoms. The molecule has 0 radical (unpaired) electrons. The predicted octanol–water partition coefficient (Wildman–Crippen LogP) is 3.93. The summed E-state index contributed by atoms with van der Waals surface area (Å²) in [6, 6.07) is 13.7. The molecule has 0 saturated carbocycles. The smallest absolute Gasteiger partial charge is 0.119 e. The second kappa shape index (κ2) is 5.10. The van der Waals surface area contributed by atoms with E-state index < -0.39 is 0 Å². The van der Waals surface area contributed by atoms with Crippen molar-refractivity contribution in [3.05, 3.63) is 59.2 Å². The van der Waals surface area contributed by atoms with Gasteiger partial charge in [0.1, 0.15) is 11.6 Å². The molecular formula is C16H15ClN2O. The Balaban J connectivity index is 1.99. The zero-order valence-corrected chi connectivity index (χ0v) is 11.9. The summed E-state index contributed by atoms with van der Waals surface area (Å²) in [6.45, 7) is 0.704. The first kappa shape index (κ1) is 12.9. The molecule has 1 heterocycles. The Morgan fingerprint density at radius 1 is 1.20 bits per heavy atom. The molecule has 0 saturated heterocycles. The number of aromatic nitrogens is 1. The maximum absolute atomic E-state index is 6.20. The van der Waals surface area contributed by atoms with E-state index >= 15 is 0 Å². The summed E-state index contributed by atoms with van der Waals surface area (Å²) in [5.41, 5.74) is 7.34. The summed E-state index contributed by atoms with van der Waals surface area (Å²) in [5.74, 6) is 1.60. The third-order valence-corrected chi connectivity index (χ3v) is 3.62. The first-order valence-corrected chi connectivity index (χ1v) is 6.72. The Labute approximate surface area is 122 Å². The van der Waals surface area contributed by atoms with E-state index in [0.717, 1.165) is 32.9 Å². The number of halogens is 1. The molecule has 0 amide bonds. The summed E-state index contributed by atoms with van der Waals surface area (Å²) >= 11 is 6.01. The highest BCUT2D eigenvalue weighted by molar-refractivity contribution is 6.31. The number of hydrogen-bond acceptors (Lipinski definition) is 2. The molecule has 1 aromatic heterocycles. The minimum absolute atomic E-state index is 0.704. The van der Waals surface area contributed by atoms with Gasteiger partial charge in [-0.1, -0.05) is 23.7 Å². The summed E-state index contributed by atoms with van der Waals surface area (Å²) in [6.07, 6.45) is 2.02. The lowest BCUT2D eigenvalue weighted by atomic mass is 10.2. The highest BCUT2D eigenvalue weighted by atomic mass is 35.5. The second-order valence-corrected chi connectivity index (χ2v) is 5.16. The molecule has 0 aliphatic heterocycles. The molecule has 3 rings (SSSR count). The average molecular weight is 287 g/mol. The predicted molar refractivity (Wildman–Crippen MR) is 83.5 cm³/mol. The Morgan fingerprint density at radius 3 is 2.85 bits per heavy atom. The van der Waals surface area contributed by atoms with Gasteiger partial charge in [0, 0.05) is 28.5 Å². The van der Waals surface area contributed by atoms with Gasteiger partial charge in [-0.15, -0.1) is 0 Å². The lowest BCUT2D eigenvalue weighted by molar-refractivity contribution is 0.414. The number of anilines is 1. The van der Waals surface area contributed by atoms with Crippen molar-refractivity contribution in [2.75, 3.05) is 12.8 Å². The fourth-order valence-electron chi connectivity index (χ4n) is 2.36. The third-order valence-electron chi connectivity index (χ3n) is 3.38. The van der Waals surface area contributed by atoms with Crippen LogP contribution in [-0.2, 0) is 6.54 Å². The second-order valence-electron chi connectivity index (χ2n) is 4.73. The van der Waals surface area contributed by atoms with Crippen LogP contribution in [0, 0.1) is 0 Å². The number of nitrogen functional groups attached to an aromatic ring is 1. The zero-order chi connectivity index (χ0) is 14.1. The van der Waals surface area contributed by atoms with E-state index in [1.807, 2.05) is 47.2 Å². The topological polar surface area (TPSA) is 40.2 Å². The van der Waals surface area contributed by atoms with E-state index in [4.69, 9.17) is 22.1 Å². The Kier molecular flexibility index (Phi) is 3.28. The van der Waals surface area contributed by atoms with Gasteiger partial charge in [0.15, 0.2) is 0 Å². The van der Waals surface area contributed by atoms with Gasteiger partial charge in [-0.3, -0.25) is 0 Å². The van der Waals surface area contributed by atoms with Gasteiger partial charge in [0.2, 0.25) is 0 Å². The molecule has 0 atom stereocenters. The van der Waals surface area contributed by atoms with Crippen LogP contribution in [0.3, 0.4) is 0 Å². The highest BCUT2D eigenvalue weighted by Crippen LogP contribution is 2.27.